The molecule has 0 aliphatic carbocycles. The number of nitrogens with one attached hydrogen (secondary N) is 2. The van der Waals surface area contributed by atoms with Crippen molar-refractivity contribution in [2.75, 3.05) is 38.5 Å². The van der Waals surface area contributed by atoms with Crippen LogP contribution in [-0.4, -0.2) is 44.0 Å². The second-order valence-corrected chi connectivity index (χ2v) is 7.06. The molecule has 1 heterocycles. The first-order chi connectivity index (χ1) is 11.1. The van der Waals surface area contributed by atoms with Crippen molar-refractivity contribution in [2.24, 2.45) is 5.41 Å². The molecule has 0 bridgehead atoms. The minimum atomic E-state index is -4.56. The highest BCUT2D eigenvalue weighted by atomic mass is 35.5. The van der Waals surface area contributed by atoms with E-state index in [1.807, 2.05) is 11.9 Å². The number of likely N-dealkylation sites (N-methyl/N-ethyl adjacent to an activating group) is 1. The van der Waals surface area contributed by atoms with Crippen LogP contribution < -0.4 is 10.6 Å². The standard InChI is InChI=1S/C16H21ClF3N3O.ClH/c1-15(5-6-21-9-15)10-23(2)8-14(24)22-11-3-4-13(17)12(7-11)16(18,19)20;/h3-4,7,21H,5-6,8-10H2,1-2H3,(H,22,24);1H. The molecule has 1 saturated heterocycles. The lowest BCUT2D eigenvalue weighted by atomic mass is 9.89. The van der Waals surface area contributed by atoms with Crippen LogP contribution in [0.5, 0.6) is 0 Å². The second kappa shape index (κ2) is 8.58. The average Bonchev–Trinajstić information content (AvgIpc) is 2.85. The molecule has 1 unspecified atom stereocenters. The number of amides is 1. The summed E-state index contributed by atoms with van der Waals surface area (Å²) < 4.78 is 38.5. The zero-order valence-electron chi connectivity index (χ0n) is 14.0. The van der Waals surface area contributed by atoms with Gasteiger partial charge >= 0.3 is 6.18 Å². The number of carbonyl (C=O) groups is 1. The minimum Gasteiger partial charge on any atom is -0.325 e. The summed E-state index contributed by atoms with van der Waals surface area (Å²) in [6.45, 7) is 4.85. The molecule has 2 N–H and O–H groups in total. The van der Waals surface area contributed by atoms with Gasteiger partial charge in [-0.1, -0.05) is 18.5 Å². The lowest BCUT2D eigenvalue weighted by Gasteiger charge is -2.28. The molecule has 0 radical (unpaired) electrons. The number of nitrogens with zero attached hydrogens (tertiary/aromatic N) is 1. The van der Waals surface area contributed by atoms with Gasteiger partial charge in [0.15, 0.2) is 0 Å². The van der Waals surface area contributed by atoms with Gasteiger partial charge in [-0.3, -0.25) is 9.69 Å². The molecule has 0 spiro atoms. The SMILES string of the molecule is CN(CC(=O)Nc1ccc(Cl)c(C(F)(F)F)c1)CC1(C)CCNC1.Cl. The predicted octanol–water partition coefficient (Wildman–Crippen LogP) is 3.65. The minimum absolute atomic E-state index is 0. The van der Waals surface area contributed by atoms with E-state index in [4.69, 9.17) is 11.6 Å². The number of anilines is 1. The summed E-state index contributed by atoms with van der Waals surface area (Å²) in [5.41, 5.74) is -0.766. The van der Waals surface area contributed by atoms with Crippen LogP contribution in [0.1, 0.15) is 18.9 Å². The molecule has 1 amide bonds. The number of benzene rings is 1. The van der Waals surface area contributed by atoms with Gasteiger partial charge in [-0.05, 0) is 43.6 Å². The molecule has 9 heteroatoms. The molecule has 1 fully saturated rings. The molecule has 2 rings (SSSR count). The van der Waals surface area contributed by atoms with Crippen molar-refractivity contribution >= 4 is 35.6 Å². The largest absolute Gasteiger partial charge is 0.417 e. The van der Waals surface area contributed by atoms with E-state index >= 15 is 0 Å². The molecule has 1 atom stereocenters. The first-order valence-corrected chi connectivity index (χ1v) is 8.03. The highest BCUT2D eigenvalue weighted by Crippen LogP contribution is 2.36. The van der Waals surface area contributed by atoms with Gasteiger partial charge in [0.25, 0.3) is 0 Å². The van der Waals surface area contributed by atoms with Gasteiger partial charge in [0.05, 0.1) is 17.1 Å². The molecule has 1 aliphatic rings. The number of hydrogen-bond acceptors (Lipinski definition) is 3. The Labute approximate surface area is 156 Å². The monoisotopic (exact) mass is 399 g/mol. The fourth-order valence-electron chi connectivity index (χ4n) is 2.98. The fraction of sp³-hybridized carbons (Fsp3) is 0.562. The number of rotatable bonds is 5. The first kappa shape index (κ1) is 22.0. The summed E-state index contributed by atoms with van der Waals surface area (Å²) >= 11 is 5.57. The van der Waals surface area contributed by atoms with Crippen LogP contribution in [0.15, 0.2) is 18.2 Å². The Bertz CT molecular complexity index is 605. The van der Waals surface area contributed by atoms with Gasteiger partial charge < -0.3 is 10.6 Å². The quantitative estimate of drug-likeness (QED) is 0.793. The van der Waals surface area contributed by atoms with Gasteiger partial charge in [0, 0.05) is 18.8 Å². The Morgan fingerprint density at radius 2 is 2.12 bits per heavy atom. The highest BCUT2D eigenvalue weighted by Gasteiger charge is 2.33. The van der Waals surface area contributed by atoms with Gasteiger partial charge in [-0.15, -0.1) is 12.4 Å². The lowest BCUT2D eigenvalue weighted by molar-refractivity contribution is -0.137. The summed E-state index contributed by atoms with van der Waals surface area (Å²) in [4.78, 5) is 13.9. The average molecular weight is 400 g/mol. The molecule has 25 heavy (non-hydrogen) atoms. The van der Waals surface area contributed by atoms with E-state index in [2.05, 4.69) is 17.6 Å². The molecule has 0 saturated carbocycles. The lowest BCUT2D eigenvalue weighted by Crippen LogP contribution is -2.39. The molecule has 1 aromatic carbocycles. The van der Waals surface area contributed by atoms with Gasteiger partial charge in [0.2, 0.25) is 5.91 Å². The van der Waals surface area contributed by atoms with Crippen molar-refractivity contribution in [2.45, 2.75) is 19.5 Å². The van der Waals surface area contributed by atoms with Crippen LogP contribution in [0.25, 0.3) is 0 Å². The van der Waals surface area contributed by atoms with Crippen molar-refractivity contribution in [1.82, 2.24) is 10.2 Å². The Morgan fingerprint density at radius 1 is 1.44 bits per heavy atom. The maximum absolute atomic E-state index is 12.8. The van der Waals surface area contributed by atoms with Crippen LogP contribution in [0.3, 0.4) is 0 Å². The molecule has 4 nitrogen and oxygen atoms in total. The number of carbonyl (C=O) groups excluding carboxylic acids is 1. The Balaban J connectivity index is 0.00000312. The Kier molecular flexibility index (Phi) is 7.55. The van der Waals surface area contributed by atoms with Crippen molar-refractivity contribution in [1.29, 1.82) is 0 Å². The summed E-state index contributed by atoms with van der Waals surface area (Å²) in [6, 6.07) is 3.34. The molecule has 0 aromatic heterocycles. The second-order valence-electron chi connectivity index (χ2n) is 6.65. The molecule has 1 aromatic rings. The van der Waals surface area contributed by atoms with E-state index in [1.165, 1.54) is 6.07 Å². The zero-order chi connectivity index (χ0) is 18.0. The van der Waals surface area contributed by atoms with E-state index in [0.29, 0.717) is 0 Å². The fourth-order valence-corrected chi connectivity index (χ4v) is 3.20. The predicted molar refractivity (Wildman–Crippen MR) is 95.4 cm³/mol. The summed E-state index contributed by atoms with van der Waals surface area (Å²) in [5, 5.41) is 5.40. The topological polar surface area (TPSA) is 44.4 Å². The summed E-state index contributed by atoms with van der Waals surface area (Å²) in [7, 11) is 1.83. The first-order valence-electron chi connectivity index (χ1n) is 7.65. The number of halogens is 5. The molecular weight excluding hydrogens is 378 g/mol. The van der Waals surface area contributed by atoms with E-state index in [-0.39, 0.29) is 41.0 Å². The normalized spacial score (nSPS) is 20.4. The summed E-state index contributed by atoms with van der Waals surface area (Å²) in [5.74, 6) is -0.359. The van der Waals surface area contributed by atoms with Crippen molar-refractivity contribution in [3.63, 3.8) is 0 Å². The van der Waals surface area contributed by atoms with E-state index in [9.17, 15) is 18.0 Å². The Morgan fingerprint density at radius 3 is 2.68 bits per heavy atom. The van der Waals surface area contributed by atoms with Crippen molar-refractivity contribution < 1.29 is 18.0 Å². The third-order valence-corrected chi connectivity index (χ3v) is 4.41. The molecular formula is C16H22Cl2F3N3O. The van der Waals surface area contributed by atoms with Crippen molar-refractivity contribution in [3.05, 3.63) is 28.8 Å². The van der Waals surface area contributed by atoms with Crippen LogP contribution in [0, 0.1) is 5.41 Å². The number of hydrogen-bond donors (Lipinski definition) is 2. The van der Waals surface area contributed by atoms with Crippen LogP contribution in [0.2, 0.25) is 5.02 Å². The Hall–Kier alpha value is -1.02. The zero-order valence-corrected chi connectivity index (χ0v) is 15.6. The third-order valence-electron chi connectivity index (χ3n) is 4.08. The number of alkyl halides is 3. The van der Waals surface area contributed by atoms with Gasteiger partial charge in [0.1, 0.15) is 0 Å². The molecule has 1 aliphatic heterocycles. The van der Waals surface area contributed by atoms with Crippen LogP contribution >= 0.6 is 24.0 Å². The van der Waals surface area contributed by atoms with E-state index in [0.717, 1.165) is 38.2 Å². The summed E-state index contributed by atoms with van der Waals surface area (Å²) in [6.07, 6.45) is -3.52. The maximum Gasteiger partial charge on any atom is 0.417 e. The van der Waals surface area contributed by atoms with Crippen molar-refractivity contribution in [3.8, 4) is 0 Å². The van der Waals surface area contributed by atoms with E-state index < -0.39 is 11.7 Å². The third kappa shape index (κ3) is 6.33. The highest BCUT2D eigenvalue weighted by molar-refractivity contribution is 6.31. The smallest absolute Gasteiger partial charge is 0.325 e. The van der Waals surface area contributed by atoms with Crippen LogP contribution in [0.4, 0.5) is 18.9 Å². The van der Waals surface area contributed by atoms with E-state index in [1.54, 1.807) is 0 Å². The van der Waals surface area contributed by atoms with Crippen LogP contribution in [-0.2, 0) is 11.0 Å². The molecule has 142 valence electrons. The van der Waals surface area contributed by atoms with Gasteiger partial charge in [-0.25, -0.2) is 0 Å². The maximum atomic E-state index is 12.8. The van der Waals surface area contributed by atoms with Gasteiger partial charge in [-0.2, -0.15) is 13.2 Å².